The first-order valence-corrected chi connectivity index (χ1v) is 5.48. The molecule has 0 radical (unpaired) electrons. The molecule has 78 valence electrons. The second-order valence-electron chi connectivity index (χ2n) is 3.35. The van der Waals surface area contributed by atoms with Gasteiger partial charge in [0.15, 0.2) is 0 Å². The highest BCUT2D eigenvalue weighted by Gasteiger charge is 2.39. The minimum absolute atomic E-state index is 0.0536. The fourth-order valence-electron chi connectivity index (χ4n) is 1.43. The Labute approximate surface area is 79.7 Å². The van der Waals surface area contributed by atoms with E-state index in [2.05, 4.69) is 0 Å². The van der Waals surface area contributed by atoms with E-state index in [-0.39, 0.29) is 12.3 Å². The predicted octanol–water partition coefficient (Wildman–Crippen LogP) is 2.44. The summed E-state index contributed by atoms with van der Waals surface area (Å²) in [6.45, 7) is 0. The van der Waals surface area contributed by atoms with Crippen LogP contribution >= 0.6 is 11.8 Å². The Morgan fingerprint density at radius 2 is 1.85 bits per heavy atom. The molecule has 0 bridgehead atoms. The van der Waals surface area contributed by atoms with Crippen molar-refractivity contribution in [1.82, 2.24) is 0 Å². The summed E-state index contributed by atoms with van der Waals surface area (Å²) in [5.74, 6) is 1.91. The minimum atomic E-state index is -4.44. The first-order chi connectivity index (χ1) is 6.00. The lowest BCUT2D eigenvalue weighted by atomic mass is 9.95. The molecule has 1 aliphatic heterocycles. The standard InChI is InChI=1S/C8H13F3OS/c9-8(10,11)7(12)5-6-1-3-13-4-2-6/h6-7,12H,1-5H2. The van der Waals surface area contributed by atoms with Crippen LogP contribution in [-0.4, -0.2) is 28.9 Å². The topological polar surface area (TPSA) is 20.2 Å². The van der Waals surface area contributed by atoms with Gasteiger partial charge in [-0.05, 0) is 36.7 Å². The van der Waals surface area contributed by atoms with Crippen molar-refractivity contribution in [1.29, 1.82) is 0 Å². The zero-order chi connectivity index (χ0) is 9.90. The van der Waals surface area contributed by atoms with Crippen molar-refractivity contribution < 1.29 is 18.3 Å². The van der Waals surface area contributed by atoms with Crippen LogP contribution in [0.5, 0.6) is 0 Å². The van der Waals surface area contributed by atoms with Gasteiger partial charge in [-0.15, -0.1) is 0 Å². The van der Waals surface area contributed by atoms with Crippen LogP contribution in [0.25, 0.3) is 0 Å². The average Bonchev–Trinajstić information content (AvgIpc) is 2.04. The SMILES string of the molecule is OC(CC1CCSCC1)C(F)(F)F. The van der Waals surface area contributed by atoms with Gasteiger partial charge in [0.25, 0.3) is 0 Å². The van der Waals surface area contributed by atoms with Crippen molar-refractivity contribution in [2.24, 2.45) is 5.92 Å². The Bertz CT molecular complexity index is 154. The number of hydrogen-bond acceptors (Lipinski definition) is 2. The van der Waals surface area contributed by atoms with Gasteiger partial charge in [-0.2, -0.15) is 24.9 Å². The zero-order valence-corrected chi connectivity index (χ0v) is 8.00. The van der Waals surface area contributed by atoms with Crippen molar-refractivity contribution in [3.05, 3.63) is 0 Å². The Morgan fingerprint density at radius 1 is 1.31 bits per heavy atom. The third kappa shape index (κ3) is 3.77. The normalized spacial score (nSPS) is 23.1. The second-order valence-corrected chi connectivity index (χ2v) is 4.57. The Balaban J connectivity index is 2.30. The van der Waals surface area contributed by atoms with Crippen molar-refractivity contribution in [3.8, 4) is 0 Å². The molecule has 0 aromatic heterocycles. The molecule has 1 unspecified atom stereocenters. The van der Waals surface area contributed by atoms with Gasteiger partial charge < -0.3 is 5.11 Å². The third-order valence-electron chi connectivity index (χ3n) is 2.28. The number of aliphatic hydroxyl groups excluding tert-OH is 1. The van der Waals surface area contributed by atoms with Crippen LogP contribution < -0.4 is 0 Å². The second kappa shape index (κ2) is 4.55. The molecule has 5 heteroatoms. The van der Waals surface area contributed by atoms with Crippen LogP contribution in [0.4, 0.5) is 13.2 Å². The van der Waals surface area contributed by atoms with Crippen LogP contribution in [-0.2, 0) is 0 Å². The van der Waals surface area contributed by atoms with Crippen LogP contribution in [0.1, 0.15) is 19.3 Å². The third-order valence-corrected chi connectivity index (χ3v) is 3.32. The summed E-state index contributed by atoms with van der Waals surface area (Å²) in [7, 11) is 0. The van der Waals surface area contributed by atoms with Crippen LogP contribution in [0.2, 0.25) is 0 Å². The first-order valence-electron chi connectivity index (χ1n) is 4.32. The van der Waals surface area contributed by atoms with Crippen molar-refractivity contribution >= 4 is 11.8 Å². The lowest BCUT2D eigenvalue weighted by Crippen LogP contribution is -2.31. The lowest BCUT2D eigenvalue weighted by Gasteiger charge is -2.24. The first kappa shape index (κ1) is 11.2. The summed E-state index contributed by atoms with van der Waals surface area (Å²) in [5, 5.41) is 8.81. The van der Waals surface area contributed by atoms with E-state index in [4.69, 9.17) is 5.11 Å². The van der Waals surface area contributed by atoms with Crippen LogP contribution in [0.15, 0.2) is 0 Å². The van der Waals surface area contributed by atoms with Gasteiger partial charge in [0, 0.05) is 0 Å². The molecule has 1 aliphatic rings. The van der Waals surface area contributed by atoms with Gasteiger partial charge in [-0.25, -0.2) is 0 Å². The van der Waals surface area contributed by atoms with Gasteiger partial charge in [0.05, 0.1) is 0 Å². The average molecular weight is 214 g/mol. The lowest BCUT2D eigenvalue weighted by molar-refractivity contribution is -0.208. The Kier molecular flexibility index (Phi) is 3.91. The molecule has 1 fully saturated rings. The van der Waals surface area contributed by atoms with E-state index in [1.807, 2.05) is 0 Å². The molecule has 1 atom stereocenters. The predicted molar refractivity (Wildman–Crippen MR) is 46.7 cm³/mol. The fraction of sp³-hybridized carbons (Fsp3) is 1.00. The highest BCUT2D eigenvalue weighted by Crippen LogP contribution is 2.31. The van der Waals surface area contributed by atoms with Crippen molar-refractivity contribution in [2.75, 3.05) is 11.5 Å². The Hall–Kier alpha value is 0.100. The highest BCUT2D eigenvalue weighted by molar-refractivity contribution is 7.99. The fourth-order valence-corrected chi connectivity index (χ4v) is 2.64. The molecule has 0 aromatic carbocycles. The summed E-state index contributed by atoms with van der Waals surface area (Å²) < 4.78 is 35.8. The maximum Gasteiger partial charge on any atom is 0.414 e. The number of halogens is 3. The summed E-state index contributed by atoms with van der Waals surface area (Å²) in [6.07, 6.45) is -5.08. The van der Waals surface area contributed by atoms with Crippen LogP contribution in [0, 0.1) is 5.92 Å². The number of rotatable bonds is 2. The molecule has 13 heavy (non-hydrogen) atoms. The molecule has 1 saturated heterocycles. The maximum atomic E-state index is 11.9. The van der Waals surface area contributed by atoms with Crippen molar-refractivity contribution in [2.45, 2.75) is 31.5 Å². The number of alkyl halides is 3. The van der Waals surface area contributed by atoms with Gasteiger partial charge in [0.1, 0.15) is 6.10 Å². The molecular formula is C8H13F3OS. The zero-order valence-electron chi connectivity index (χ0n) is 7.18. The van der Waals surface area contributed by atoms with E-state index in [0.29, 0.717) is 0 Å². The number of hydrogen-bond donors (Lipinski definition) is 1. The van der Waals surface area contributed by atoms with Gasteiger partial charge in [-0.1, -0.05) is 0 Å². The van der Waals surface area contributed by atoms with Gasteiger partial charge in [0.2, 0.25) is 0 Å². The summed E-state index contributed by atoms with van der Waals surface area (Å²) in [6, 6.07) is 0. The summed E-state index contributed by atoms with van der Waals surface area (Å²) in [5.41, 5.74) is 0. The number of aliphatic hydroxyl groups is 1. The van der Waals surface area contributed by atoms with E-state index in [1.54, 1.807) is 11.8 Å². The molecule has 1 nitrogen and oxygen atoms in total. The van der Waals surface area contributed by atoms with Gasteiger partial charge >= 0.3 is 6.18 Å². The molecule has 0 spiro atoms. The van der Waals surface area contributed by atoms with E-state index < -0.39 is 12.3 Å². The van der Waals surface area contributed by atoms with Gasteiger partial charge in [-0.3, -0.25) is 0 Å². The molecular weight excluding hydrogens is 201 g/mol. The Morgan fingerprint density at radius 3 is 2.31 bits per heavy atom. The number of thioether (sulfide) groups is 1. The summed E-state index contributed by atoms with van der Waals surface area (Å²) >= 11 is 1.77. The van der Waals surface area contributed by atoms with E-state index in [9.17, 15) is 13.2 Å². The molecule has 1 N–H and O–H groups in total. The minimum Gasteiger partial charge on any atom is -0.384 e. The smallest absolute Gasteiger partial charge is 0.384 e. The molecule has 0 amide bonds. The van der Waals surface area contributed by atoms with E-state index >= 15 is 0 Å². The maximum absolute atomic E-state index is 11.9. The van der Waals surface area contributed by atoms with E-state index in [1.165, 1.54) is 0 Å². The molecule has 0 aliphatic carbocycles. The largest absolute Gasteiger partial charge is 0.414 e. The highest BCUT2D eigenvalue weighted by atomic mass is 32.2. The van der Waals surface area contributed by atoms with E-state index in [0.717, 1.165) is 24.3 Å². The molecule has 1 rings (SSSR count). The molecule has 0 saturated carbocycles. The van der Waals surface area contributed by atoms with Crippen molar-refractivity contribution in [3.63, 3.8) is 0 Å². The monoisotopic (exact) mass is 214 g/mol. The molecule has 0 aromatic rings. The summed E-state index contributed by atoms with van der Waals surface area (Å²) in [4.78, 5) is 0. The molecule has 1 heterocycles. The van der Waals surface area contributed by atoms with Crippen LogP contribution in [0.3, 0.4) is 0 Å². The quantitative estimate of drug-likeness (QED) is 0.762.